The van der Waals surface area contributed by atoms with Crippen molar-refractivity contribution in [1.29, 1.82) is 5.26 Å². The molecular formula is C16H21N3OS. The van der Waals surface area contributed by atoms with Gasteiger partial charge in [-0.05, 0) is 31.6 Å². The number of carbonyl (C=O) groups excluding carboxylic acids is 1. The quantitative estimate of drug-likeness (QED) is 0.865. The van der Waals surface area contributed by atoms with Crippen LogP contribution in [0.15, 0.2) is 0 Å². The minimum Gasteiger partial charge on any atom is -0.396 e. The lowest BCUT2D eigenvalue weighted by atomic mass is 9.94. The molecule has 1 aromatic heterocycles. The summed E-state index contributed by atoms with van der Waals surface area (Å²) in [6, 6.07) is 2.21. The summed E-state index contributed by atoms with van der Waals surface area (Å²) in [4.78, 5) is 15.2. The smallest absolute Gasteiger partial charge is 0.178 e. The van der Waals surface area contributed by atoms with Crippen LogP contribution in [0.5, 0.6) is 0 Å². The number of Topliss-reactive ketones (excluding diaryl/α,β-unsaturated/α-hetero) is 1. The molecule has 21 heavy (non-hydrogen) atoms. The number of nitrogens with zero attached hydrogens (tertiary/aromatic N) is 2. The van der Waals surface area contributed by atoms with E-state index in [4.69, 9.17) is 5.73 Å². The predicted octanol–water partition coefficient (Wildman–Crippen LogP) is 3.42. The lowest BCUT2D eigenvalue weighted by Crippen LogP contribution is -2.33. The maximum atomic E-state index is 12.3. The number of thiophene rings is 1. The van der Waals surface area contributed by atoms with Crippen LogP contribution in [0.4, 0.5) is 10.7 Å². The van der Waals surface area contributed by atoms with Crippen LogP contribution in [-0.2, 0) is 0 Å². The fourth-order valence-corrected chi connectivity index (χ4v) is 4.26. The average molecular weight is 303 g/mol. The van der Waals surface area contributed by atoms with Crippen molar-refractivity contribution < 1.29 is 4.79 Å². The van der Waals surface area contributed by atoms with Crippen molar-refractivity contribution in [2.45, 2.75) is 39.0 Å². The zero-order chi connectivity index (χ0) is 15.0. The van der Waals surface area contributed by atoms with Crippen molar-refractivity contribution in [3.05, 3.63) is 10.4 Å². The first-order chi connectivity index (χ1) is 10.2. The molecule has 0 spiro atoms. The largest absolute Gasteiger partial charge is 0.396 e. The van der Waals surface area contributed by atoms with Crippen molar-refractivity contribution in [2.24, 2.45) is 11.8 Å². The molecule has 0 bridgehead atoms. The second kappa shape index (κ2) is 5.69. The molecule has 1 aromatic rings. The van der Waals surface area contributed by atoms with Crippen LogP contribution in [-0.4, -0.2) is 18.9 Å². The van der Waals surface area contributed by atoms with Crippen LogP contribution in [0.1, 0.15) is 54.3 Å². The Morgan fingerprint density at radius 3 is 2.57 bits per heavy atom. The zero-order valence-corrected chi connectivity index (χ0v) is 13.2. The molecular weight excluding hydrogens is 282 g/mol. The molecule has 2 N–H and O–H groups in total. The van der Waals surface area contributed by atoms with Gasteiger partial charge in [0, 0.05) is 19.0 Å². The van der Waals surface area contributed by atoms with E-state index in [9.17, 15) is 10.1 Å². The van der Waals surface area contributed by atoms with Crippen LogP contribution < -0.4 is 10.6 Å². The van der Waals surface area contributed by atoms with Gasteiger partial charge in [0.05, 0.1) is 10.6 Å². The van der Waals surface area contributed by atoms with E-state index in [0.717, 1.165) is 49.7 Å². The minimum atomic E-state index is 0.142. The second-order valence-corrected chi connectivity index (χ2v) is 7.11. The van der Waals surface area contributed by atoms with E-state index in [1.807, 2.05) is 0 Å². The highest BCUT2D eigenvalue weighted by molar-refractivity contribution is 7.19. The van der Waals surface area contributed by atoms with E-state index >= 15 is 0 Å². The van der Waals surface area contributed by atoms with Gasteiger partial charge < -0.3 is 10.6 Å². The highest BCUT2D eigenvalue weighted by atomic mass is 32.1. The SMILES string of the molecule is CCC1CCN(c2sc(C(=O)C3CC3)c(N)c2C#N)CC1. The number of hydrogen-bond donors (Lipinski definition) is 1. The Hall–Kier alpha value is -1.54. The maximum Gasteiger partial charge on any atom is 0.178 e. The van der Waals surface area contributed by atoms with Crippen LogP contribution in [0.25, 0.3) is 0 Å². The van der Waals surface area contributed by atoms with Crippen molar-refractivity contribution >= 4 is 27.8 Å². The summed E-state index contributed by atoms with van der Waals surface area (Å²) < 4.78 is 0. The Labute approximate surface area is 129 Å². The molecule has 0 amide bonds. The van der Waals surface area contributed by atoms with Gasteiger partial charge in [-0.25, -0.2) is 0 Å². The molecule has 112 valence electrons. The topological polar surface area (TPSA) is 70.1 Å². The molecule has 1 saturated carbocycles. The van der Waals surface area contributed by atoms with Crippen molar-refractivity contribution in [2.75, 3.05) is 23.7 Å². The third-order valence-corrected chi connectivity index (χ3v) is 5.97. The minimum absolute atomic E-state index is 0.142. The molecule has 5 heteroatoms. The molecule has 1 aliphatic heterocycles. The van der Waals surface area contributed by atoms with Gasteiger partial charge in [-0.2, -0.15) is 5.26 Å². The number of rotatable bonds is 4. The molecule has 4 nitrogen and oxygen atoms in total. The fraction of sp³-hybridized carbons (Fsp3) is 0.625. The number of nitrogen functional groups attached to an aromatic ring is 1. The molecule has 2 aliphatic rings. The van der Waals surface area contributed by atoms with Gasteiger partial charge in [0.2, 0.25) is 0 Å². The van der Waals surface area contributed by atoms with Crippen molar-refractivity contribution in [3.63, 3.8) is 0 Å². The molecule has 0 unspecified atom stereocenters. The van der Waals surface area contributed by atoms with E-state index in [2.05, 4.69) is 17.9 Å². The summed E-state index contributed by atoms with van der Waals surface area (Å²) in [5.41, 5.74) is 7.00. The Bertz CT molecular complexity index is 589. The van der Waals surface area contributed by atoms with E-state index in [0.29, 0.717) is 16.1 Å². The molecule has 2 heterocycles. The second-order valence-electron chi connectivity index (χ2n) is 6.11. The molecule has 0 atom stereocenters. The Kier molecular flexibility index (Phi) is 3.90. The Morgan fingerprint density at radius 1 is 1.38 bits per heavy atom. The molecule has 2 fully saturated rings. The molecule has 1 aliphatic carbocycles. The van der Waals surface area contributed by atoms with Gasteiger partial charge >= 0.3 is 0 Å². The van der Waals surface area contributed by atoms with Crippen molar-refractivity contribution in [3.8, 4) is 6.07 Å². The summed E-state index contributed by atoms with van der Waals surface area (Å²) in [7, 11) is 0. The average Bonchev–Trinajstić information content (AvgIpc) is 3.30. The molecule has 0 aromatic carbocycles. The first kappa shape index (κ1) is 14.4. The van der Waals surface area contributed by atoms with Gasteiger partial charge in [-0.1, -0.05) is 13.3 Å². The fourth-order valence-electron chi connectivity index (χ4n) is 3.02. The summed E-state index contributed by atoms with van der Waals surface area (Å²) >= 11 is 1.43. The highest BCUT2D eigenvalue weighted by Crippen LogP contribution is 2.43. The summed E-state index contributed by atoms with van der Waals surface area (Å²) in [5, 5.41) is 10.3. The summed E-state index contributed by atoms with van der Waals surface area (Å²) in [6.45, 7) is 4.16. The Morgan fingerprint density at radius 2 is 2.05 bits per heavy atom. The number of hydrogen-bond acceptors (Lipinski definition) is 5. The van der Waals surface area contributed by atoms with Gasteiger partial charge in [0.25, 0.3) is 0 Å². The van der Waals surface area contributed by atoms with Crippen LogP contribution >= 0.6 is 11.3 Å². The monoisotopic (exact) mass is 303 g/mol. The highest BCUT2D eigenvalue weighted by Gasteiger charge is 2.35. The molecule has 3 rings (SSSR count). The first-order valence-electron chi connectivity index (χ1n) is 7.77. The zero-order valence-electron chi connectivity index (χ0n) is 12.4. The molecule has 1 saturated heterocycles. The third-order valence-electron chi connectivity index (χ3n) is 4.69. The summed E-state index contributed by atoms with van der Waals surface area (Å²) in [6.07, 6.45) is 5.47. The van der Waals surface area contributed by atoms with Gasteiger partial charge in [-0.3, -0.25) is 4.79 Å². The number of nitrogens with two attached hydrogens (primary N) is 1. The van der Waals surface area contributed by atoms with Gasteiger partial charge in [-0.15, -0.1) is 11.3 Å². The van der Waals surface area contributed by atoms with E-state index in [-0.39, 0.29) is 11.7 Å². The number of anilines is 2. The van der Waals surface area contributed by atoms with Crippen LogP contribution in [0, 0.1) is 23.2 Å². The lowest BCUT2D eigenvalue weighted by molar-refractivity contribution is 0.0972. The standard InChI is InChI=1S/C16H21N3OS/c1-2-10-5-7-19(8-6-10)16-12(9-17)13(18)15(21-16)14(20)11-3-4-11/h10-11H,2-8,18H2,1H3. The maximum absolute atomic E-state index is 12.3. The summed E-state index contributed by atoms with van der Waals surface area (Å²) in [5.74, 6) is 1.08. The number of nitriles is 1. The molecule has 0 radical (unpaired) electrons. The van der Waals surface area contributed by atoms with E-state index < -0.39 is 0 Å². The van der Waals surface area contributed by atoms with Gasteiger partial charge in [0.15, 0.2) is 5.78 Å². The first-order valence-corrected chi connectivity index (χ1v) is 8.58. The van der Waals surface area contributed by atoms with Crippen LogP contribution in [0.3, 0.4) is 0 Å². The number of carbonyl (C=O) groups is 1. The number of piperidine rings is 1. The van der Waals surface area contributed by atoms with E-state index in [1.54, 1.807) is 0 Å². The predicted molar refractivity (Wildman–Crippen MR) is 85.7 cm³/mol. The van der Waals surface area contributed by atoms with E-state index in [1.165, 1.54) is 17.8 Å². The normalized spacial score (nSPS) is 19.5. The number of ketones is 1. The Balaban J connectivity index is 1.86. The van der Waals surface area contributed by atoms with Gasteiger partial charge in [0.1, 0.15) is 16.6 Å². The van der Waals surface area contributed by atoms with Crippen LogP contribution in [0.2, 0.25) is 0 Å². The lowest BCUT2D eigenvalue weighted by Gasteiger charge is -2.32. The third kappa shape index (κ3) is 2.65. The van der Waals surface area contributed by atoms with Crippen molar-refractivity contribution in [1.82, 2.24) is 0 Å².